The SMILES string of the molecule is C=C/C(C)=C\C(=C/CC)c1ccc2c(C)cccc2n1. The summed E-state index contributed by atoms with van der Waals surface area (Å²) in [5.41, 5.74) is 5.64. The first-order chi connectivity index (χ1) is 9.65. The lowest BCUT2D eigenvalue weighted by molar-refractivity contribution is 1.22. The van der Waals surface area contributed by atoms with Crippen molar-refractivity contribution in [1.29, 1.82) is 0 Å². The van der Waals surface area contributed by atoms with Crippen molar-refractivity contribution in [2.45, 2.75) is 27.2 Å². The van der Waals surface area contributed by atoms with Gasteiger partial charge in [-0.15, -0.1) is 0 Å². The molecule has 0 fully saturated rings. The zero-order valence-corrected chi connectivity index (χ0v) is 12.5. The van der Waals surface area contributed by atoms with E-state index in [1.807, 2.05) is 6.08 Å². The lowest BCUT2D eigenvalue weighted by atomic mass is 10.0. The van der Waals surface area contributed by atoms with E-state index in [2.05, 4.69) is 69.8 Å². The molecule has 1 aromatic carbocycles. The largest absolute Gasteiger partial charge is 0.248 e. The van der Waals surface area contributed by atoms with Gasteiger partial charge in [-0.05, 0) is 43.5 Å². The molecule has 0 spiro atoms. The Morgan fingerprint density at radius 2 is 2.05 bits per heavy atom. The lowest BCUT2D eigenvalue weighted by Crippen LogP contribution is -1.90. The summed E-state index contributed by atoms with van der Waals surface area (Å²) in [4.78, 5) is 4.80. The Kier molecular flexibility index (Phi) is 4.52. The first-order valence-corrected chi connectivity index (χ1v) is 7.03. The van der Waals surface area contributed by atoms with Crippen LogP contribution in [0.1, 0.15) is 31.5 Å². The quantitative estimate of drug-likeness (QED) is 0.667. The van der Waals surface area contributed by atoms with Crippen LogP contribution >= 0.6 is 0 Å². The molecule has 2 rings (SSSR count). The van der Waals surface area contributed by atoms with E-state index >= 15 is 0 Å². The lowest BCUT2D eigenvalue weighted by Gasteiger charge is -2.07. The Balaban J connectivity index is 2.55. The second-order valence-electron chi connectivity index (χ2n) is 5.00. The highest BCUT2D eigenvalue weighted by molar-refractivity contribution is 5.85. The fraction of sp³-hybridized carbons (Fsp3) is 0.211. The molecule has 0 amide bonds. The van der Waals surface area contributed by atoms with E-state index in [-0.39, 0.29) is 0 Å². The third-order valence-corrected chi connectivity index (χ3v) is 3.37. The van der Waals surface area contributed by atoms with E-state index in [9.17, 15) is 0 Å². The summed E-state index contributed by atoms with van der Waals surface area (Å²) in [7, 11) is 0. The molecule has 0 aliphatic carbocycles. The van der Waals surface area contributed by atoms with Crippen molar-refractivity contribution >= 4 is 16.5 Å². The van der Waals surface area contributed by atoms with Crippen LogP contribution in [0.5, 0.6) is 0 Å². The summed E-state index contributed by atoms with van der Waals surface area (Å²) in [5.74, 6) is 0. The fourth-order valence-corrected chi connectivity index (χ4v) is 2.23. The highest BCUT2D eigenvalue weighted by Crippen LogP contribution is 2.22. The fourth-order valence-electron chi connectivity index (χ4n) is 2.23. The molecule has 0 radical (unpaired) electrons. The van der Waals surface area contributed by atoms with Gasteiger partial charge in [-0.3, -0.25) is 0 Å². The Hall–Kier alpha value is -2.15. The number of benzene rings is 1. The van der Waals surface area contributed by atoms with Crippen molar-refractivity contribution in [2.75, 3.05) is 0 Å². The van der Waals surface area contributed by atoms with E-state index in [4.69, 9.17) is 4.98 Å². The van der Waals surface area contributed by atoms with Gasteiger partial charge < -0.3 is 0 Å². The van der Waals surface area contributed by atoms with E-state index in [1.54, 1.807) is 0 Å². The van der Waals surface area contributed by atoms with E-state index in [0.29, 0.717) is 0 Å². The first-order valence-electron chi connectivity index (χ1n) is 7.03. The maximum atomic E-state index is 4.80. The minimum atomic E-state index is 0.990. The van der Waals surface area contributed by atoms with Crippen LogP contribution in [-0.4, -0.2) is 4.98 Å². The molecule has 1 heterocycles. The zero-order valence-electron chi connectivity index (χ0n) is 12.5. The van der Waals surface area contributed by atoms with E-state index in [1.165, 1.54) is 10.9 Å². The summed E-state index contributed by atoms with van der Waals surface area (Å²) in [6.45, 7) is 10.1. The van der Waals surface area contributed by atoms with E-state index < -0.39 is 0 Å². The number of allylic oxidation sites excluding steroid dienone is 5. The molecule has 0 N–H and O–H groups in total. The van der Waals surface area contributed by atoms with E-state index in [0.717, 1.165) is 28.8 Å². The maximum absolute atomic E-state index is 4.80. The van der Waals surface area contributed by atoms with Crippen molar-refractivity contribution in [3.05, 3.63) is 72.0 Å². The smallest absolute Gasteiger partial charge is 0.0712 e. The predicted octanol–water partition coefficient (Wildman–Crippen LogP) is 5.47. The summed E-state index contributed by atoms with van der Waals surface area (Å²) >= 11 is 0. The van der Waals surface area contributed by atoms with Crippen LogP contribution in [0.15, 0.2) is 60.7 Å². The van der Waals surface area contributed by atoms with Crippen molar-refractivity contribution in [3.8, 4) is 0 Å². The molecule has 0 saturated heterocycles. The number of hydrogen-bond donors (Lipinski definition) is 0. The summed E-state index contributed by atoms with van der Waals surface area (Å²) in [6, 6.07) is 10.5. The van der Waals surface area contributed by atoms with Gasteiger partial charge in [0, 0.05) is 5.39 Å². The monoisotopic (exact) mass is 263 g/mol. The van der Waals surface area contributed by atoms with Crippen LogP contribution in [-0.2, 0) is 0 Å². The average molecular weight is 263 g/mol. The topological polar surface area (TPSA) is 12.9 Å². The van der Waals surface area contributed by atoms with Crippen LogP contribution in [0.4, 0.5) is 0 Å². The van der Waals surface area contributed by atoms with Gasteiger partial charge in [0.15, 0.2) is 0 Å². The molecule has 102 valence electrons. The number of rotatable bonds is 4. The Labute approximate surface area is 121 Å². The first kappa shape index (κ1) is 14.3. The molecule has 0 bridgehead atoms. The van der Waals surface area contributed by atoms with Crippen LogP contribution in [0.2, 0.25) is 0 Å². The molecule has 1 aromatic heterocycles. The third kappa shape index (κ3) is 3.05. The zero-order chi connectivity index (χ0) is 14.5. The predicted molar refractivity (Wildman–Crippen MR) is 88.7 cm³/mol. The number of aromatic nitrogens is 1. The van der Waals surface area contributed by atoms with Gasteiger partial charge in [-0.1, -0.05) is 55.5 Å². The number of pyridine rings is 1. The minimum absolute atomic E-state index is 0.990. The Morgan fingerprint density at radius 1 is 1.25 bits per heavy atom. The number of aryl methyl sites for hydroxylation is 1. The number of nitrogens with zero attached hydrogens (tertiary/aromatic N) is 1. The highest BCUT2D eigenvalue weighted by atomic mass is 14.7. The molecule has 20 heavy (non-hydrogen) atoms. The van der Waals surface area contributed by atoms with Gasteiger partial charge >= 0.3 is 0 Å². The second-order valence-corrected chi connectivity index (χ2v) is 5.00. The minimum Gasteiger partial charge on any atom is -0.248 e. The van der Waals surface area contributed by atoms with Crippen LogP contribution in [0.25, 0.3) is 16.5 Å². The van der Waals surface area contributed by atoms with Crippen molar-refractivity contribution < 1.29 is 0 Å². The van der Waals surface area contributed by atoms with Crippen molar-refractivity contribution in [1.82, 2.24) is 4.98 Å². The molecular weight excluding hydrogens is 242 g/mol. The standard InChI is InChI=1S/C19H21N/c1-5-8-16(13-14(3)6-2)18-12-11-17-15(4)9-7-10-19(17)20-18/h6-13H,2,5H2,1,3-4H3/b14-13-,16-8+. The van der Waals surface area contributed by atoms with Gasteiger partial charge in [0.1, 0.15) is 0 Å². The molecular formula is C19H21N. The Bertz CT molecular complexity index is 690. The third-order valence-electron chi connectivity index (χ3n) is 3.37. The Morgan fingerprint density at radius 3 is 2.75 bits per heavy atom. The average Bonchev–Trinajstić information content (AvgIpc) is 2.46. The maximum Gasteiger partial charge on any atom is 0.0712 e. The highest BCUT2D eigenvalue weighted by Gasteiger charge is 2.03. The molecule has 0 aliphatic rings. The summed E-state index contributed by atoms with van der Waals surface area (Å²) in [6.07, 6.45) is 7.20. The van der Waals surface area contributed by atoms with Gasteiger partial charge in [-0.2, -0.15) is 0 Å². The normalized spacial score (nSPS) is 12.8. The van der Waals surface area contributed by atoms with Crippen LogP contribution in [0.3, 0.4) is 0 Å². The van der Waals surface area contributed by atoms with Crippen LogP contribution < -0.4 is 0 Å². The molecule has 0 atom stereocenters. The molecule has 0 saturated carbocycles. The number of fused-ring (bicyclic) bond motifs is 1. The second kappa shape index (κ2) is 6.33. The van der Waals surface area contributed by atoms with Gasteiger partial charge in [0.25, 0.3) is 0 Å². The van der Waals surface area contributed by atoms with Crippen molar-refractivity contribution in [2.24, 2.45) is 0 Å². The molecule has 0 aliphatic heterocycles. The molecule has 1 nitrogen and oxygen atoms in total. The summed E-state index contributed by atoms with van der Waals surface area (Å²) in [5, 5.41) is 1.22. The van der Waals surface area contributed by atoms with Gasteiger partial charge in [-0.25, -0.2) is 4.98 Å². The van der Waals surface area contributed by atoms with Crippen LogP contribution in [0, 0.1) is 6.92 Å². The van der Waals surface area contributed by atoms with Gasteiger partial charge in [0.2, 0.25) is 0 Å². The number of hydrogen-bond acceptors (Lipinski definition) is 1. The van der Waals surface area contributed by atoms with Gasteiger partial charge in [0.05, 0.1) is 11.2 Å². The molecule has 0 unspecified atom stereocenters. The molecule has 2 aromatic rings. The summed E-state index contributed by atoms with van der Waals surface area (Å²) < 4.78 is 0. The molecule has 1 heteroatoms. The van der Waals surface area contributed by atoms with Crippen molar-refractivity contribution in [3.63, 3.8) is 0 Å².